The number of imidazole rings is 1. The Labute approximate surface area is 171 Å². The predicted octanol–water partition coefficient (Wildman–Crippen LogP) is 5.20. The van der Waals surface area contributed by atoms with Crippen LogP contribution < -0.4 is 0 Å². The van der Waals surface area contributed by atoms with Crippen LogP contribution >= 0.6 is 0 Å². The lowest BCUT2D eigenvalue weighted by Crippen LogP contribution is -2.13. The summed E-state index contributed by atoms with van der Waals surface area (Å²) in [6.07, 6.45) is -4.69. The summed E-state index contributed by atoms with van der Waals surface area (Å²) in [7, 11) is 0. The number of aliphatic hydroxyl groups excluding tert-OH is 1. The number of para-hydroxylation sites is 2. The van der Waals surface area contributed by atoms with Gasteiger partial charge in [0.05, 0.1) is 11.0 Å². The van der Waals surface area contributed by atoms with Gasteiger partial charge in [0.15, 0.2) is 0 Å². The molecule has 0 bridgehead atoms. The van der Waals surface area contributed by atoms with Crippen molar-refractivity contribution in [2.45, 2.75) is 32.7 Å². The highest BCUT2D eigenvalue weighted by molar-refractivity contribution is 5.76. The molecule has 1 atom stereocenters. The summed E-state index contributed by atoms with van der Waals surface area (Å²) < 4.78 is 40.4. The van der Waals surface area contributed by atoms with E-state index in [1.807, 2.05) is 54.8 Å². The Balaban J connectivity index is 1.78. The molecule has 1 unspecified atom stereocenters. The van der Waals surface area contributed by atoms with Crippen molar-refractivity contribution in [3.63, 3.8) is 0 Å². The first-order chi connectivity index (χ1) is 14.2. The van der Waals surface area contributed by atoms with Crippen LogP contribution in [0.25, 0.3) is 11.0 Å². The Hall–Kier alpha value is -3.19. The minimum atomic E-state index is -4.53. The second-order valence-corrected chi connectivity index (χ2v) is 7.35. The van der Waals surface area contributed by atoms with Crippen molar-refractivity contribution in [1.29, 1.82) is 0 Å². The predicted molar refractivity (Wildman–Crippen MR) is 108 cm³/mol. The Morgan fingerprint density at radius 1 is 1.03 bits per heavy atom. The van der Waals surface area contributed by atoms with E-state index in [-0.39, 0.29) is 5.56 Å². The largest absolute Gasteiger partial charge is 0.433 e. The van der Waals surface area contributed by atoms with Crippen molar-refractivity contribution in [3.8, 4) is 0 Å². The van der Waals surface area contributed by atoms with Crippen LogP contribution in [-0.2, 0) is 12.7 Å². The molecule has 4 rings (SSSR count). The molecular weight excluding hydrogens is 391 g/mol. The van der Waals surface area contributed by atoms with Crippen LogP contribution in [-0.4, -0.2) is 19.6 Å². The fraction of sp³-hybridized carbons (Fsp3) is 0.217. The molecule has 0 aliphatic rings. The van der Waals surface area contributed by atoms with Crippen LogP contribution in [0.15, 0.2) is 60.8 Å². The van der Waals surface area contributed by atoms with E-state index >= 15 is 0 Å². The smallest absolute Gasteiger partial charge is 0.380 e. The van der Waals surface area contributed by atoms with Crippen molar-refractivity contribution in [1.82, 2.24) is 14.5 Å². The van der Waals surface area contributed by atoms with Crippen molar-refractivity contribution in [3.05, 3.63) is 94.6 Å². The molecule has 2 heterocycles. The van der Waals surface area contributed by atoms with Crippen LogP contribution in [0.5, 0.6) is 0 Å². The fourth-order valence-corrected chi connectivity index (χ4v) is 3.49. The molecule has 4 nitrogen and oxygen atoms in total. The molecule has 2 aromatic heterocycles. The minimum absolute atomic E-state index is 0.250. The monoisotopic (exact) mass is 411 g/mol. The third-order valence-corrected chi connectivity index (χ3v) is 5.15. The lowest BCUT2D eigenvalue weighted by Gasteiger charge is -2.16. The van der Waals surface area contributed by atoms with E-state index in [0.29, 0.717) is 17.9 Å². The molecule has 154 valence electrons. The highest BCUT2D eigenvalue weighted by atomic mass is 19.4. The molecule has 30 heavy (non-hydrogen) atoms. The number of pyridine rings is 1. The Morgan fingerprint density at radius 3 is 2.50 bits per heavy atom. The van der Waals surface area contributed by atoms with Gasteiger partial charge in [-0.25, -0.2) is 4.98 Å². The molecule has 0 aliphatic heterocycles. The van der Waals surface area contributed by atoms with E-state index in [1.165, 1.54) is 6.07 Å². The first kappa shape index (κ1) is 20.1. The van der Waals surface area contributed by atoms with Crippen molar-refractivity contribution in [2.75, 3.05) is 0 Å². The third kappa shape index (κ3) is 3.80. The average molecular weight is 411 g/mol. The summed E-state index contributed by atoms with van der Waals surface area (Å²) in [6.45, 7) is 4.51. The maximum absolute atomic E-state index is 12.8. The van der Waals surface area contributed by atoms with E-state index in [2.05, 4.69) is 16.0 Å². The number of halogens is 3. The number of aryl methyl sites for hydroxylation is 2. The summed E-state index contributed by atoms with van der Waals surface area (Å²) in [4.78, 5) is 8.04. The summed E-state index contributed by atoms with van der Waals surface area (Å²) in [5.41, 5.74) is 4.10. The first-order valence-corrected chi connectivity index (χ1v) is 9.46. The highest BCUT2D eigenvalue weighted by Crippen LogP contribution is 2.30. The molecule has 1 N–H and O–H groups in total. The van der Waals surface area contributed by atoms with Crippen LogP contribution in [0.4, 0.5) is 13.2 Å². The van der Waals surface area contributed by atoms with Crippen LogP contribution in [0.3, 0.4) is 0 Å². The van der Waals surface area contributed by atoms with E-state index < -0.39 is 18.0 Å². The number of aromatic nitrogens is 3. The zero-order valence-electron chi connectivity index (χ0n) is 16.5. The van der Waals surface area contributed by atoms with Gasteiger partial charge < -0.3 is 9.67 Å². The SMILES string of the molecule is Cc1ccc(C)c(Cn2c(C(O)c3ccc(C(F)(F)F)nc3)nc3ccccc32)c1. The number of alkyl halides is 3. The van der Waals surface area contributed by atoms with Gasteiger partial charge in [-0.3, -0.25) is 4.98 Å². The van der Waals surface area contributed by atoms with Gasteiger partial charge in [-0.1, -0.05) is 42.0 Å². The molecule has 4 aromatic rings. The minimum Gasteiger partial charge on any atom is -0.380 e. The summed E-state index contributed by atoms with van der Waals surface area (Å²) >= 11 is 0. The number of fused-ring (bicyclic) bond motifs is 1. The van der Waals surface area contributed by atoms with Gasteiger partial charge in [0.2, 0.25) is 0 Å². The molecule has 0 fully saturated rings. The van der Waals surface area contributed by atoms with Gasteiger partial charge in [0, 0.05) is 18.3 Å². The van der Waals surface area contributed by atoms with E-state index in [9.17, 15) is 18.3 Å². The molecular formula is C23H20F3N3O. The van der Waals surface area contributed by atoms with Gasteiger partial charge >= 0.3 is 6.18 Å². The second-order valence-electron chi connectivity index (χ2n) is 7.35. The zero-order chi connectivity index (χ0) is 21.5. The zero-order valence-corrected chi connectivity index (χ0v) is 16.5. The van der Waals surface area contributed by atoms with Gasteiger partial charge in [-0.05, 0) is 43.2 Å². The van der Waals surface area contributed by atoms with Crippen LogP contribution in [0.1, 0.15) is 39.9 Å². The topological polar surface area (TPSA) is 50.9 Å². The molecule has 2 aromatic carbocycles. The standard InChI is InChI=1S/C23H20F3N3O/c1-14-7-8-15(2)17(11-14)13-29-19-6-4-3-5-18(19)28-22(29)21(30)16-9-10-20(27-12-16)23(24,25)26/h3-12,21,30H,13H2,1-2H3. The number of nitrogens with zero attached hydrogens (tertiary/aromatic N) is 3. The number of benzene rings is 2. The maximum Gasteiger partial charge on any atom is 0.433 e. The Bertz CT molecular complexity index is 1200. The summed E-state index contributed by atoms with van der Waals surface area (Å²) in [5, 5.41) is 11.0. The quantitative estimate of drug-likeness (QED) is 0.502. The number of aliphatic hydroxyl groups is 1. The van der Waals surface area contributed by atoms with E-state index in [0.717, 1.165) is 34.5 Å². The molecule has 0 radical (unpaired) electrons. The molecule has 0 amide bonds. The normalized spacial score (nSPS) is 13.0. The lowest BCUT2D eigenvalue weighted by molar-refractivity contribution is -0.141. The molecule has 0 saturated heterocycles. The van der Waals surface area contributed by atoms with Crippen LogP contribution in [0, 0.1) is 13.8 Å². The number of hydrogen-bond donors (Lipinski definition) is 1. The summed E-state index contributed by atoms with van der Waals surface area (Å²) in [5.74, 6) is 0.360. The second kappa shape index (κ2) is 7.57. The van der Waals surface area contributed by atoms with Gasteiger partial charge in [-0.2, -0.15) is 13.2 Å². The maximum atomic E-state index is 12.8. The number of rotatable bonds is 4. The van der Waals surface area contributed by atoms with Crippen molar-refractivity contribution < 1.29 is 18.3 Å². The third-order valence-electron chi connectivity index (χ3n) is 5.15. The van der Waals surface area contributed by atoms with Gasteiger partial charge in [0.25, 0.3) is 0 Å². The lowest BCUT2D eigenvalue weighted by atomic mass is 10.1. The number of hydrogen-bond acceptors (Lipinski definition) is 3. The average Bonchev–Trinajstić information content (AvgIpc) is 3.08. The fourth-order valence-electron chi connectivity index (χ4n) is 3.49. The molecule has 0 aliphatic carbocycles. The van der Waals surface area contributed by atoms with Crippen LogP contribution in [0.2, 0.25) is 0 Å². The van der Waals surface area contributed by atoms with E-state index in [4.69, 9.17) is 0 Å². The Kier molecular flexibility index (Phi) is 5.07. The van der Waals surface area contributed by atoms with E-state index in [1.54, 1.807) is 0 Å². The molecule has 7 heteroatoms. The molecule has 0 saturated carbocycles. The molecule has 0 spiro atoms. The van der Waals surface area contributed by atoms with Gasteiger partial charge in [0.1, 0.15) is 17.6 Å². The Morgan fingerprint density at radius 2 is 1.80 bits per heavy atom. The van der Waals surface area contributed by atoms with Crippen molar-refractivity contribution in [2.24, 2.45) is 0 Å². The summed E-state index contributed by atoms with van der Waals surface area (Å²) in [6, 6.07) is 15.8. The highest BCUT2D eigenvalue weighted by Gasteiger charge is 2.32. The van der Waals surface area contributed by atoms with Gasteiger partial charge in [-0.15, -0.1) is 0 Å². The van der Waals surface area contributed by atoms with Crippen molar-refractivity contribution >= 4 is 11.0 Å². The first-order valence-electron chi connectivity index (χ1n) is 9.46.